The highest BCUT2D eigenvalue weighted by Crippen LogP contribution is 2.43. The lowest BCUT2D eigenvalue weighted by atomic mass is 10.1. The van der Waals surface area contributed by atoms with E-state index < -0.39 is 8.88 Å². The third kappa shape index (κ3) is 6.14. The van der Waals surface area contributed by atoms with Crippen LogP contribution in [0.4, 0.5) is 11.6 Å². The van der Waals surface area contributed by atoms with Crippen LogP contribution in [-0.2, 0) is 18.3 Å². The Morgan fingerprint density at radius 1 is 0.458 bits per heavy atom. The molecule has 0 saturated heterocycles. The first kappa shape index (κ1) is 36.3. The number of hydrogen-bond acceptors (Lipinski definition) is 12. The van der Waals surface area contributed by atoms with E-state index in [1.807, 2.05) is 106 Å². The van der Waals surface area contributed by atoms with Crippen LogP contribution in [0.3, 0.4) is 0 Å². The van der Waals surface area contributed by atoms with E-state index in [2.05, 4.69) is 20.1 Å². The number of nitrogens with zero attached hydrogens (tertiary/aromatic N) is 14. The van der Waals surface area contributed by atoms with E-state index >= 15 is 0 Å². The van der Waals surface area contributed by atoms with Crippen molar-refractivity contribution in [1.82, 2.24) is 8.47 Å². The van der Waals surface area contributed by atoms with E-state index in [1.54, 1.807) is 0 Å². The van der Waals surface area contributed by atoms with Gasteiger partial charge >= 0.3 is 8.88 Å². The average molecular weight is 801 g/mol. The summed E-state index contributed by atoms with van der Waals surface area (Å²) < 4.78 is 30.4. The molecule has 0 fully saturated rings. The van der Waals surface area contributed by atoms with Crippen LogP contribution in [0.1, 0.15) is 22.3 Å². The van der Waals surface area contributed by atoms with Gasteiger partial charge in [-0.1, -0.05) is 107 Å². The minimum Gasteiger partial charge on any atom is -0.379 e. The predicted octanol–water partition coefficient (Wildman–Crippen LogP) is 6.06. The quantitative estimate of drug-likeness (QED) is 0.0422. The topological polar surface area (TPSA) is 218 Å². The van der Waals surface area contributed by atoms with Gasteiger partial charge in [0.15, 0.2) is 23.3 Å². The highest BCUT2D eigenvalue weighted by Gasteiger charge is 2.53. The summed E-state index contributed by atoms with van der Waals surface area (Å²) in [5, 5.41) is 10.3. The molecule has 0 atom stereocenters. The summed E-state index contributed by atoms with van der Waals surface area (Å²) in [5.74, 6) is 2.90. The molecule has 18 nitrogen and oxygen atoms in total. The van der Waals surface area contributed by atoms with Crippen molar-refractivity contribution in [1.29, 1.82) is 0 Å². The fourth-order valence-corrected chi connectivity index (χ4v) is 11.0. The molecule has 0 unspecified atom stereocenters. The van der Waals surface area contributed by atoms with Gasteiger partial charge in [-0.05, 0) is 11.1 Å². The Labute approximate surface area is 335 Å². The van der Waals surface area contributed by atoms with E-state index in [0.717, 1.165) is 43.8 Å². The highest BCUT2D eigenvalue weighted by atomic mass is 28.4. The molecule has 4 aliphatic rings. The minimum atomic E-state index is -4.36. The molecule has 6 heterocycles. The van der Waals surface area contributed by atoms with Crippen LogP contribution in [0.5, 0.6) is 0 Å². The maximum Gasteiger partial charge on any atom is 0.603 e. The second-order valence-electron chi connectivity index (χ2n) is 13.5. The molecule has 4 aromatic carbocycles. The first-order chi connectivity index (χ1) is 29.2. The van der Waals surface area contributed by atoms with Crippen LogP contribution in [0.2, 0.25) is 0 Å². The summed E-state index contributed by atoms with van der Waals surface area (Å²) in [7, 11) is -4.36. The second kappa shape index (κ2) is 15.3. The maximum absolute atomic E-state index is 8.83. The lowest BCUT2D eigenvalue weighted by Crippen LogP contribution is -2.64. The Morgan fingerprint density at radius 3 is 1.27 bits per heavy atom. The van der Waals surface area contributed by atoms with Crippen molar-refractivity contribution in [3.05, 3.63) is 151 Å². The fraction of sp³-hybridized carbons (Fsp3) is 0.200. The molecule has 0 N–H and O–H groups in total. The molecule has 59 heavy (non-hydrogen) atoms. The number of fused-ring (bicyclic) bond motifs is 14. The summed E-state index contributed by atoms with van der Waals surface area (Å²) >= 11 is 0. The number of ether oxygens (including phenoxy) is 2. The van der Waals surface area contributed by atoms with Gasteiger partial charge in [0.25, 0.3) is 0 Å². The van der Waals surface area contributed by atoms with Gasteiger partial charge in [0.2, 0.25) is 0 Å². The van der Waals surface area contributed by atoms with E-state index in [-0.39, 0.29) is 52.7 Å². The molecule has 2 aromatic heterocycles. The number of hydrogen-bond donors (Lipinski definition) is 0. The predicted molar refractivity (Wildman–Crippen MR) is 223 cm³/mol. The van der Waals surface area contributed by atoms with Crippen molar-refractivity contribution in [2.24, 2.45) is 40.2 Å². The Hall–Kier alpha value is -7.08. The number of rotatable bonds is 14. The largest absolute Gasteiger partial charge is 0.603 e. The molecule has 4 aliphatic heterocycles. The van der Waals surface area contributed by atoms with Crippen LogP contribution >= 0.6 is 0 Å². The number of azide groups is 2. The molecule has 6 bridgehead atoms. The second-order valence-corrected chi connectivity index (χ2v) is 16.1. The van der Waals surface area contributed by atoms with Crippen molar-refractivity contribution in [2.45, 2.75) is 0 Å². The van der Waals surface area contributed by atoms with Crippen LogP contribution in [-0.4, -0.2) is 93.4 Å². The fourth-order valence-electron chi connectivity index (χ4n) is 7.71. The van der Waals surface area contributed by atoms with Crippen molar-refractivity contribution >= 4 is 65.4 Å². The SMILES string of the molecule is [N-]=[N+]=NCCOCCO[Si]1(OCCOCCN=[N+]=[N-])n2c3c4ccccc4c2N=C2N=C(N=c4c5ccccc5c(n41)=NC1=NC(=N3)c3ccccc31)c1ccccc12. The zero-order chi connectivity index (χ0) is 39.8. The zero-order valence-corrected chi connectivity index (χ0v) is 32.3. The third-order valence-electron chi connectivity index (χ3n) is 10.2. The molecule has 0 aliphatic carbocycles. The Balaban J connectivity index is 1.34. The number of benzene rings is 4. The lowest BCUT2D eigenvalue weighted by Gasteiger charge is -2.33. The molecule has 19 heteroatoms. The first-order valence-electron chi connectivity index (χ1n) is 18.9. The van der Waals surface area contributed by atoms with Gasteiger partial charge in [-0.2, -0.15) is 0 Å². The van der Waals surface area contributed by atoms with Gasteiger partial charge in [-0.3, -0.25) is 8.47 Å². The highest BCUT2D eigenvalue weighted by molar-refractivity contribution is 6.66. The van der Waals surface area contributed by atoms with Gasteiger partial charge < -0.3 is 18.3 Å². The van der Waals surface area contributed by atoms with Crippen LogP contribution in [0.25, 0.3) is 42.4 Å². The summed E-state index contributed by atoms with van der Waals surface area (Å²) in [6, 6.07) is 31.6. The molecule has 10 rings (SSSR count). The van der Waals surface area contributed by atoms with Gasteiger partial charge in [0.1, 0.15) is 22.6 Å². The van der Waals surface area contributed by atoms with Crippen LogP contribution in [0.15, 0.2) is 137 Å². The van der Waals surface area contributed by atoms with Crippen molar-refractivity contribution in [3.63, 3.8) is 0 Å². The molecular formula is C40H32N14O4Si. The summed E-state index contributed by atoms with van der Waals surface area (Å²) in [4.78, 5) is 37.4. The van der Waals surface area contributed by atoms with Crippen molar-refractivity contribution < 1.29 is 18.3 Å². The summed E-state index contributed by atoms with van der Waals surface area (Å²) in [6.07, 6.45) is 0. The molecular weight excluding hydrogens is 769 g/mol. The number of amidine groups is 4. The Morgan fingerprint density at radius 2 is 0.847 bits per heavy atom. The van der Waals surface area contributed by atoms with E-state index in [1.165, 1.54) is 0 Å². The van der Waals surface area contributed by atoms with E-state index in [4.69, 9.17) is 59.3 Å². The molecule has 0 saturated carbocycles. The molecule has 290 valence electrons. The van der Waals surface area contributed by atoms with Gasteiger partial charge in [-0.15, -0.1) is 0 Å². The van der Waals surface area contributed by atoms with Crippen molar-refractivity contribution in [3.8, 4) is 0 Å². The number of aromatic nitrogens is 2. The Kier molecular flexibility index (Phi) is 9.44. The smallest absolute Gasteiger partial charge is 0.379 e. The monoisotopic (exact) mass is 800 g/mol. The standard InChI is InChI=1S/C40H32N14O4Si/c41-51-43-17-19-55-21-23-57-59(58-24-22-56-20-18-44-52-42)53-37-29-13-5-6-14-30(29)39(53)49-35-27-11-3-4-12-28(27)36(46-35)50-40-32-16-8-7-15-31(32)38(54(40)59)48-34-26-10-2-1-9-25(26)33(45-34)47-37/h1-16H,17-24H2. The van der Waals surface area contributed by atoms with Gasteiger partial charge in [-0.25, -0.2) is 30.0 Å². The molecule has 0 amide bonds. The Bertz CT molecular complexity index is 2870. The minimum absolute atomic E-state index is 0.0382. The van der Waals surface area contributed by atoms with Crippen LogP contribution < -0.4 is 11.0 Å². The van der Waals surface area contributed by atoms with Crippen LogP contribution in [0, 0.1) is 0 Å². The summed E-state index contributed by atoms with van der Waals surface area (Å²) in [5.41, 5.74) is 22.0. The molecule has 6 aromatic rings. The van der Waals surface area contributed by atoms with Gasteiger partial charge in [0, 0.05) is 66.7 Å². The molecule has 0 radical (unpaired) electrons. The third-order valence-corrected chi connectivity index (χ3v) is 13.3. The normalized spacial score (nSPS) is 16.7. The number of aliphatic imine (C=N–C) groups is 4. The van der Waals surface area contributed by atoms with E-state index in [9.17, 15) is 0 Å². The average Bonchev–Trinajstić information content (AvgIpc) is 3.99. The van der Waals surface area contributed by atoms with Crippen molar-refractivity contribution in [2.75, 3.05) is 52.7 Å². The maximum atomic E-state index is 8.83. The van der Waals surface area contributed by atoms with Gasteiger partial charge in [0.05, 0.1) is 39.6 Å². The van der Waals surface area contributed by atoms with E-state index in [0.29, 0.717) is 46.0 Å². The molecule has 0 spiro atoms. The lowest BCUT2D eigenvalue weighted by molar-refractivity contribution is 0.0546. The zero-order valence-electron chi connectivity index (χ0n) is 31.3. The summed E-state index contributed by atoms with van der Waals surface area (Å²) in [6.45, 7) is 1.05. The first-order valence-corrected chi connectivity index (χ1v) is 20.6.